The number of benzene rings is 2. The first-order chi connectivity index (χ1) is 13.2. The standard InChI is InChI=1S/C20H19F4NO3/c21-16-8-6-15(7-9-16)17-12-19(27,20(22,23)24)10-11-25(17)18(26)28-13-14-4-2-1-3-5-14/h1-9,17,27H,10-13H2/t17-,19-/m0/s1. The van der Waals surface area contributed by atoms with Crippen molar-refractivity contribution < 1.29 is 32.2 Å². The number of alkyl halides is 3. The molecule has 1 saturated heterocycles. The molecule has 0 spiro atoms. The van der Waals surface area contributed by atoms with Gasteiger partial charge >= 0.3 is 12.3 Å². The Labute approximate surface area is 159 Å². The molecule has 0 unspecified atom stereocenters. The van der Waals surface area contributed by atoms with Gasteiger partial charge in [-0.2, -0.15) is 13.2 Å². The number of halogens is 4. The van der Waals surface area contributed by atoms with Gasteiger partial charge in [0.1, 0.15) is 12.4 Å². The first-order valence-corrected chi connectivity index (χ1v) is 8.71. The van der Waals surface area contributed by atoms with Crippen molar-refractivity contribution in [3.63, 3.8) is 0 Å². The number of hydrogen-bond acceptors (Lipinski definition) is 3. The lowest BCUT2D eigenvalue weighted by Crippen LogP contribution is -2.55. The van der Waals surface area contributed by atoms with E-state index < -0.39 is 42.6 Å². The number of hydrogen-bond donors (Lipinski definition) is 1. The van der Waals surface area contributed by atoms with Crippen molar-refractivity contribution in [2.45, 2.75) is 37.3 Å². The van der Waals surface area contributed by atoms with E-state index in [2.05, 4.69) is 0 Å². The van der Waals surface area contributed by atoms with Gasteiger partial charge in [-0.1, -0.05) is 42.5 Å². The van der Waals surface area contributed by atoms with Gasteiger partial charge in [0.2, 0.25) is 0 Å². The van der Waals surface area contributed by atoms with Gasteiger partial charge in [0.05, 0.1) is 6.04 Å². The lowest BCUT2D eigenvalue weighted by Gasteiger charge is -2.44. The summed E-state index contributed by atoms with van der Waals surface area (Å²) in [6, 6.07) is 12.6. The third-order valence-corrected chi connectivity index (χ3v) is 4.90. The van der Waals surface area contributed by atoms with Crippen molar-refractivity contribution in [3.05, 3.63) is 71.5 Å². The molecule has 1 amide bonds. The van der Waals surface area contributed by atoms with E-state index in [1.165, 1.54) is 12.1 Å². The smallest absolute Gasteiger partial charge is 0.417 e. The molecule has 4 nitrogen and oxygen atoms in total. The summed E-state index contributed by atoms with van der Waals surface area (Å²) in [7, 11) is 0. The fourth-order valence-corrected chi connectivity index (χ4v) is 3.25. The molecule has 2 aromatic rings. The Morgan fingerprint density at radius 3 is 2.39 bits per heavy atom. The van der Waals surface area contributed by atoms with Crippen LogP contribution in [-0.4, -0.2) is 34.4 Å². The normalized spacial score (nSPS) is 22.8. The molecule has 2 aromatic carbocycles. The van der Waals surface area contributed by atoms with Crippen LogP contribution in [0.5, 0.6) is 0 Å². The van der Waals surface area contributed by atoms with Gasteiger partial charge in [0.15, 0.2) is 5.60 Å². The van der Waals surface area contributed by atoms with E-state index in [4.69, 9.17) is 4.74 Å². The lowest BCUT2D eigenvalue weighted by molar-refractivity contribution is -0.276. The second-order valence-electron chi connectivity index (χ2n) is 6.78. The van der Waals surface area contributed by atoms with Gasteiger partial charge in [-0.15, -0.1) is 0 Å². The van der Waals surface area contributed by atoms with E-state index in [1.54, 1.807) is 30.3 Å². The number of rotatable bonds is 3. The van der Waals surface area contributed by atoms with Crippen LogP contribution in [0, 0.1) is 5.82 Å². The highest BCUT2D eigenvalue weighted by Gasteiger charge is 2.57. The minimum absolute atomic E-state index is 0.0319. The first-order valence-electron chi connectivity index (χ1n) is 8.71. The highest BCUT2D eigenvalue weighted by molar-refractivity contribution is 5.68. The average Bonchev–Trinajstić information content (AvgIpc) is 2.66. The second-order valence-corrected chi connectivity index (χ2v) is 6.78. The van der Waals surface area contributed by atoms with E-state index in [0.717, 1.165) is 22.6 Å². The summed E-state index contributed by atoms with van der Waals surface area (Å²) in [5, 5.41) is 10.1. The number of likely N-dealkylation sites (tertiary alicyclic amines) is 1. The van der Waals surface area contributed by atoms with Crippen LogP contribution in [0.15, 0.2) is 54.6 Å². The lowest BCUT2D eigenvalue weighted by atomic mass is 9.83. The van der Waals surface area contributed by atoms with Crippen LogP contribution in [0.1, 0.15) is 30.0 Å². The first kappa shape index (κ1) is 20.1. The third-order valence-electron chi connectivity index (χ3n) is 4.90. The summed E-state index contributed by atoms with van der Waals surface area (Å²) in [5.74, 6) is -0.552. The Balaban J connectivity index is 1.81. The minimum Gasteiger partial charge on any atom is -0.445 e. The summed E-state index contributed by atoms with van der Waals surface area (Å²) in [4.78, 5) is 13.7. The molecule has 0 aromatic heterocycles. The number of amides is 1. The van der Waals surface area contributed by atoms with Crippen LogP contribution in [-0.2, 0) is 11.3 Å². The second kappa shape index (κ2) is 7.79. The number of carbonyl (C=O) groups is 1. The molecule has 28 heavy (non-hydrogen) atoms. The maximum atomic E-state index is 13.3. The van der Waals surface area contributed by atoms with Crippen molar-refractivity contribution in [2.24, 2.45) is 0 Å². The average molecular weight is 397 g/mol. The molecule has 1 aliphatic heterocycles. The van der Waals surface area contributed by atoms with Crippen LogP contribution in [0.4, 0.5) is 22.4 Å². The number of nitrogens with zero attached hydrogens (tertiary/aromatic N) is 1. The molecule has 1 fully saturated rings. The predicted octanol–water partition coefficient (Wildman–Crippen LogP) is 4.59. The van der Waals surface area contributed by atoms with Gasteiger partial charge in [-0.05, 0) is 23.3 Å². The molecule has 0 bridgehead atoms. The number of ether oxygens (including phenoxy) is 1. The number of aliphatic hydroxyl groups is 1. The molecule has 1 aliphatic rings. The molecule has 8 heteroatoms. The number of carbonyl (C=O) groups excluding carboxylic acids is 1. The molecule has 2 atom stereocenters. The molecule has 1 heterocycles. The van der Waals surface area contributed by atoms with Crippen molar-refractivity contribution >= 4 is 6.09 Å². The van der Waals surface area contributed by atoms with Gasteiger partial charge in [0.25, 0.3) is 0 Å². The topological polar surface area (TPSA) is 49.8 Å². The molecular weight excluding hydrogens is 378 g/mol. The zero-order valence-corrected chi connectivity index (χ0v) is 14.8. The Morgan fingerprint density at radius 1 is 1.14 bits per heavy atom. The van der Waals surface area contributed by atoms with Crippen LogP contribution >= 0.6 is 0 Å². The Bertz CT molecular complexity index is 810. The summed E-state index contributed by atoms with van der Waals surface area (Å²) in [6.45, 7) is -0.373. The van der Waals surface area contributed by atoms with Crippen LogP contribution in [0.25, 0.3) is 0 Å². The van der Waals surface area contributed by atoms with Crippen LogP contribution in [0.3, 0.4) is 0 Å². The largest absolute Gasteiger partial charge is 0.445 e. The fraction of sp³-hybridized carbons (Fsp3) is 0.350. The van der Waals surface area contributed by atoms with Crippen LogP contribution < -0.4 is 0 Å². The SMILES string of the molecule is O=C(OCc1ccccc1)N1CC[C@@](O)(C(F)(F)F)C[C@H]1c1ccc(F)cc1. The van der Waals surface area contributed by atoms with Crippen molar-refractivity contribution in [1.82, 2.24) is 4.90 Å². The fourth-order valence-electron chi connectivity index (χ4n) is 3.25. The highest BCUT2D eigenvalue weighted by Crippen LogP contribution is 2.45. The van der Waals surface area contributed by atoms with E-state index in [1.807, 2.05) is 0 Å². The number of piperidine rings is 1. The summed E-state index contributed by atoms with van der Waals surface area (Å²) < 4.78 is 58.5. The maximum Gasteiger partial charge on any atom is 0.417 e. The van der Waals surface area contributed by atoms with Gasteiger partial charge in [-0.3, -0.25) is 0 Å². The molecule has 0 radical (unpaired) electrons. The van der Waals surface area contributed by atoms with Crippen molar-refractivity contribution in [2.75, 3.05) is 6.54 Å². The molecule has 0 saturated carbocycles. The monoisotopic (exact) mass is 397 g/mol. The molecule has 3 rings (SSSR count). The van der Waals surface area contributed by atoms with Gasteiger partial charge in [-0.25, -0.2) is 9.18 Å². The summed E-state index contributed by atoms with van der Waals surface area (Å²) in [6.07, 6.45) is -7.04. The quantitative estimate of drug-likeness (QED) is 0.771. The van der Waals surface area contributed by atoms with Gasteiger partial charge < -0.3 is 14.7 Å². The van der Waals surface area contributed by atoms with E-state index in [9.17, 15) is 27.5 Å². The zero-order chi connectivity index (χ0) is 20.4. The Morgan fingerprint density at radius 2 is 1.79 bits per heavy atom. The third kappa shape index (κ3) is 4.27. The van der Waals surface area contributed by atoms with Crippen molar-refractivity contribution in [3.8, 4) is 0 Å². The predicted molar refractivity (Wildman–Crippen MR) is 92.7 cm³/mol. The van der Waals surface area contributed by atoms with E-state index >= 15 is 0 Å². The molecular formula is C20H19F4NO3. The Kier molecular flexibility index (Phi) is 5.60. The maximum absolute atomic E-state index is 13.3. The van der Waals surface area contributed by atoms with Gasteiger partial charge in [0, 0.05) is 19.4 Å². The summed E-state index contributed by atoms with van der Waals surface area (Å²) in [5.41, 5.74) is -1.90. The molecule has 1 N–H and O–H groups in total. The zero-order valence-electron chi connectivity index (χ0n) is 14.8. The molecule has 0 aliphatic carbocycles. The molecule has 150 valence electrons. The van der Waals surface area contributed by atoms with Crippen molar-refractivity contribution in [1.29, 1.82) is 0 Å². The summed E-state index contributed by atoms with van der Waals surface area (Å²) >= 11 is 0. The minimum atomic E-state index is -4.84. The van der Waals surface area contributed by atoms with E-state index in [-0.39, 0.29) is 13.2 Å². The van der Waals surface area contributed by atoms with E-state index in [0.29, 0.717) is 5.56 Å². The highest BCUT2D eigenvalue weighted by atomic mass is 19.4. The van der Waals surface area contributed by atoms with Crippen LogP contribution in [0.2, 0.25) is 0 Å². The Hall–Kier alpha value is -2.61.